The Kier molecular flexibility index (Phi) is 24.3. The summed E-state index contributed by atoms with van der Waals surface area (Å²) < 4.78 is 155. The molecule has 0 aliphatic carbocycles. The van der Waals surface area contributed by atoms with Crippen molar-refractivity contribution in [2.45, 2.75) is 155 Å². The molecule has 4 rings (SSSR count). The second-order valence-electron chi connectivity index (χ2n) is 22.4. The van der Waals surface area contributed by atoms with E-state index in [9.17, 15) is 62.7 Å². The molecule has 0 aromatic heterocycles. The molecule has 4 fully saturated rings. The van der Waals surface area contributed by atoms with Crippen molar-refractivity contribution < 1.29 is 91.0 Å². The number of ether oxygens (including phenoxy) is 4. The maximum Gasteiger partial charge on any atom is 0.410 e. The third-order valence-electron chi connectivity index (χ3n) is 11.0. The minimum absolute atomic E-state index is 0.0123. The van der Waals surface area contributed by atoms with Crippen LogP contribution in [0.2, 0.25) is 0 Å². The predicted octanol–water partition coefficient (Wildman–Crippen LogP) is 8.75. The minimum atomic E-state index is -3.81. The van der Waals surface area contributed by atoms with Gasteiger partial charge in [-0.25, -0.2) is 54.3 Å². The number of halogens is 8. The van der Waals surface area contributed by atoms with E-state index in [0.29, 0.717) is 0 Å². The number of alkyl halides is 8. The summed E-state index contributed by atoms with van der Waals surface area (Å²) in [5.74, 6) is -16.4. The monoisotopic (exact) mass is 1110 g/mol. The normalized spacial score (nSPS) is 23.6. The van der Waals surface area contributed by atoms with Crippen molar-refractivity contribution in [1.82, 2.24) is 19.6 Å². The molecule has 4 aliphatic rings. The average molecular weight is 1110 g/mol. The molecule has 0 saturated carbocycles. The number of nitrogens with zero attached hydrogens (tertiary/aromatic N) is 7. The number of piperidine rings is 4. The molecule has 3 N–H and O–H groups in total. The molecule has 0 aromatic rings. The van der Waals surface area contributed by atoms with E-state index >= 15 is 0 Å². The van der Waals surface area contributed by atoms with Crippen LogP contribution in [0.15, 0.2) is 5.11 Å². The van der Waals surface area contributed by atoms with Gasteiger partial charge in [0.1, 0.15) is 22.4 Å². The summed E-state index contributed by atoms with van der Waals surface area (Å²) in [6, 6.07) is 0. The summed E-state index contributed by atoms with van der Waals surface area (Å²) in [5.41, 5.74) is 10.9. The van der Waals surface area contributed by atoms with Gasteiger partial charge in [0, 0.05) is 102 Å². The molecule has 29 heteroatoms. The van der Waals surface area contributed by atoms with Gasteiger partial charge in [-0.3, -0.25) is 4.18 Å². The molecule has 4 aliphatic heterocycles. The van der Waals surface area contributed by atoms with Gasteiger partial charge in [0.05, 0.1) is 37.2 Å². The lowest BCUT2D eigenvalue weighted by Gasteiger charge is -2.38. The Morgan fingerprint density at radius 1 is 0.568 bits per heavy atom. The number of aliphatic hydroxyl groups excluding tert-OH is 1. The first-order valence-corrected chi connectivity index (χ1v) is 25.7. The van der Waals surface area contributed by atoms with E-state index in [1.165, 1.54) is 14.7 Å². The van der Waals surface area contributed by atoms with E-state index in [-0.39, 0.29) is 71.9 Å². The standard InChI is InChI=1S/C12H21F2NO5S.C11H18F2N4O2.C11H20F2N2O2.C11H19F2NO3/c1-11(2,3)20-10(16)15-6-5-12(13,14)9(7-15)8-19-21(4,17)18;1-10(2,3)19-9(18)17-5-4-11(12,13)8(7-17)6-15-16-14;1-10(2,3)17-9(16)15-5-4-11(12,13)8(6-14)7-15;1-10(2,3)17-9(16)14-5-4-11(12,13)8(6-14)7-15/h9H,5-8H2,1-4H3;8H,4-7H2,1-3H3;8H,4-7,14H2,1-3H3;8,15H,4-7H2,1-3H3. The fourth-order valence-corrected chi connectivity index (χ4v) is 7.44. The lowest BCUT2D eigenvalue weighted by Crippen LogP contribution is -2.52. The lowest BCUT2D eigenvalue weighted by molar-refractivity contribution is -0.118. The summed E-state index contributed by atoms with van der Waals surface area (Å²) in [6.07, 6.45) is -3.46. The Hall–Kier alpha value is -4.34. The number of amides is 4. The summed E-state index contributed by atoms with van der Waals surface area (Å²) in [5, 5.41) is 12.1. The second-order valence-corrected chi connectivity index (χ2v) is 24.0. The fourth-order valence-electron chi connectivity index (χ4n) is 7.03. The Bertz CT molecular complexity index is 1950. The third-order valence-corrected chi connectivity index (χ3v) is 11.5. The highest BCUT2D eigenvalue weighted by Crippen LogP contribution is 2.37. The van der Waals surface area contributed by atoms with E-state index in [4.69, 9.17) is 35.3 Å². The molecule has 0 radical (unpaired) electrons. The minimum Gasteiger partial charge on any atom is -0.444 e. The molecule has 0 bridgehead atoms. The molecule has 20 nitrogen and oxygen atoms in total. The molecular formula is C45H78F8N8O12S. The molecule has 4 amide bonds. The number of hydrogen-bond donors (Lipinski definition) is 2. The van der Waals surface area contributed by atoms with Crippen molar-refractivity contribution in [2.75, 3.05) is 84.9 Å². The Morgan fingerprint density at radius 2 is 0.838 bits per heavy atom. The van der Waals surface area contributed by atoms with Crippen molar-refractivity contribution in [3.05, 3.63) is 10.4 Å². The largest absolute Gasteiger partial charge is 0.444 e. The smallest absolute Gasteiger partial charge is 0.410 e. The van der Waals surface area contributed by atoms with Gasteiger partial charge >= 0.3 is 24.4 Å². The first-order chi connectivity index (χ1) is 33.3. The van der Waals surface area contributed by atoms with E-state index in [0.717, 1.165) is 11.2 Å². The van der Waals surface area contributed by atoms with Crippen LogP contribution >= 0.6 is 0 Å². The number of rotatable bonds is 7. The van der Waals surface area contributed by atoms with Crippen LogP contribution in [0.25, 0.3) is 10.4 Å². The number of likely N-dealkylation sites (tertiary alicyclic amines) is 4. The summed E-state index contributed by atoms with van der Waals surface area (Å²) in [4.78, 5) is 54.4. The van der Waals surface area contributed by atoms with Crippen LogP contribution in [0.3, 0.4) is 0 Å². The molecule has 74 heavy (non-hydrogen) atoms. The Balaban J connectivity index is 0.000000495. The summed E-state index contributed by atoms with van der Waals surface area (Å²) in [6.45, 7) is 17.8. The van der Waals surface area contributed by atoms with Gasteiger partial charge < -0.3 is 49.4 Å². The lowest BCUT2D eigenvalue weighted by atomic mass is 9.94. The molecule has 0 aromatic carbocycles. The molecule has 432 valence electrons. The first kappa shape index (κ1) is 67.7. The highest BCUT2D eigenvalue weighted by atomic mass is 32.2. The second kappa shape index (κ2) is 26.6. The van der Waals surface area contributed by atoms with Crippen molar-refractivity contribution in [1.29, 1.82) is 0 Å². The topological polar surface area (TPSA) is 257 Å². The number of carbonyl (C=O) groups is 4. The number of azide groups is 1. The number of carbonyl (C=O) groups excluding carboxylic acids is 4. The average Bonchev–Trinajstić information content (AvgIpc) is 3.20. The third kappa shape index (κ3) is 25.0. The van der Waals surface area contributed by atoms with Crippen LogP contribution in [0, 0.1) is 23.7 Å². The predicted molar refractivity (Wildman–Crippen MR) is 254 cm³/mol. The van der Waals surface area contributed by atoms with Crippen LogP contribution < -0.4 is 5.73 Å². The Labute approximate surface area is 428 Å². The van der Waals surface area contributed by atoms with Gasteiger partial charge in [-0.1, -0.05) is 5.11 Å². The fraction of sp³-hybridized carbons (Fsp3) is 0.911. The van der Waals surface area contributed by atoms with E-state index in [2.05, 4.69) is 14.2 Å². The molecule has 4 saturated heterocycles. The van der Waals surface area contributed by atoms with Crippen LogP contribution in [0.1, 0.15) is 109 Å². The quantitative estimate of drug-likeness (QED) is 0.0604. The zero-order chi connectivity index (χ0) is 57.7. The van der Waals surface area contributed by atoms with E-state index < -0.39 is 137 Å². The van der Waals surface area contributed by atoms with Crippen molar-refractivity contribution >= 4 is 34.5 Å². The first-order valence-electron chi connectivity index (χ1n) is 23.9. The van der Waals surface area contributed by atoms with Gasteiger partial charge in [0.2, 0.25) is 0 Å². The number of hydrogen-bond acceptors (Lipinski definition) is 14. The van der Waals surface area contributed by atoms with Gasteiger partial charge in [-0.15, -0.1) is 0 Å². The zero-order valence-corrected chi connectivity index (χ0v) is 45.5. The van der Waals surface area contributed by atoms with Crippen molar-refractivity contribution in [2.24, 2.45) is 34.5 Å². The number of aliphatic hydroxyl groups is 1. The van der Waals surface area contributed by atoms with Gasteiger partial charge in [-0.2, -0.15) is 8.42 Å². The molecule has 4 unspecified atom stereocenters. The SMILES string of the molecule is CC(C)(C)OC(=O)N1CCC(F)(F)C(CN)C1.CC(C)(C)OC(=O)N1CCC(F)(F)C(CN=[N+]=[N-])C1.CC(C)(C)OC(=O)N1CCC(F)(F)C(CO)C1.CC(C)(C)OC(=O)N1CCC(F)(F)C(COS(C)(=O)=O)C1. The highest BCUT2D eigenvalue weighted by Gasteiger charge is 2.49. The summed E-state index contributed by atoms with van der Waals surface area (Å²) in [7, 11) is -3.81. The molecular weight excluding hydrogens is 1030 g/mol. The number of nitrogens with two attached hydrogens (primary N) is 1. The van der Waals surface area contributed by atoms with Gasteiger partial charge in [0.15, 0.2) is 0 Å². The highest BCUT2D eigenvalue weighted by molar-refractivity contribution is 7.85. The van der Waals surface area contributed by atoms with Crippen LogP contribution in [-0.2, 0) is 33.2 Å². The molecule has 4 atom stereocenters. The maximum absolute atomic E-state index is 13.8. The van der Waals surface area contributed by atoms with Crippen molar-refractivity contribution in [3.63, 3.8) is 0 Å². The molecule has 4 heterocycles. The van der Waals surface area contributed by atoms with E-state index in [1.807, 2.05) is 0 Å². The van der Waals surface area contributed by atoms with Crippen LogP contribution in [-0.4, -0.2) is 189 Å². The van der Waals surface area contributed by atoms with Crippen LogP contribution in [0.4, 0.5) is 54.3 Å². The van der Waals surface area contributed by atoms with Gasteiger partial charge in [-0.05, 0) is 88.6 Å². The molecule has 0 spiro atoms. The van der Waals surface area contributed by atoms with E-state index in [1.54, 1.807) is 83.1 Å². The zero-order valence-electron chi connectivity index (χ0n) is 44.7. The Morgan fingerprint density at radius 3 is 1.12 bits per heavy atom. The van der Waals surface area contributed by atoms with Crippen LogP contribution in [0.5, 0.6) is 0 Å². The maximum atomic E-state index is 13.8. The van der Waals surface area contributed by atoms with Gasteiger partial charge in [0.25, 0.3) is 33.8 Å². The summed E-state index contributed by atoms with van der Waals surface area (Å²) >= 11 is 0. The van der Waals surface area contributed by atoms with Crippen molar-refractivity contribution in [3.8, 4) is 0 Å².